The van der Waals surface area contributed by atoms with Crippen molar-refractivity contribution in [3.8, 4) is 0 Å². The number of aromatic nitrogens is 2. The standard InChI is InChI=1S/C14H14FN3O/c1-18-12(6-9-16-18)17-13(19)14(7-8-14)10-4-2-3-5-11(10)15/h2-6,9H,7-8H2,1H3,(H,17,19). The first-order chi connectivity index (χ1) is 9.13. The van der Waals surface area contributed by atoms with E-state index in [1.54, 1.807) is 42.2 Å². The third-order valence-corrected chi connectivity index (χ3v) is 3.64. The number of carbonyl (C=O) groups is 1. The summed E-state index contributed by atoms with van der Waals surface area (Å²) in [7, 11) is 1.75. The molecule has 1 heterocycles. The second-order valence-electron chi connectivity index (χ2n) is 4.86. The molecule has 2 aromatic rings. The quantitative estimate of drug-likeness (QED) is 0.918. The molecule has 3 rings (SSSR count). The number of nitrogens with one attached hydrogen (secondary N) is 1. The van der Waals surface area contributed by atoms with E-state index in [1.165, 1.54) is 6.07 Å². The van der Waals surface area contributed by atoms with Crippen LogP contribution in [0.25, 0.3) is 0 Å². The Bertz CT molecular complexity index is 631. The number of hydrogen-bond acceptors (Lipinski definition) is 2. The average molecular weight is 259 g/mol. The fraction of sp³-hybridized carbons (Fsp3) is 0.286. The fourth-order valence-corrected chi connectivity index (χ4v) is 2.33. The normalized spacial score (nSPS) is 16.1. The molecule has 19 heavy (non-hydrogen) atoms. The predicted octanol–water partition coefficient (Wildman–Crippen LogP) is 2.23. The van der Waals surface area contributed by atoms with Crippen molar-refractivity contribution >= 4 is 11.7 Å². The number of carbonyl (C=O) groups excluding carboxylic acids is 1. The van der Waals surface area contributed by atoms with E-state index in [-0.39, 0.29) is 11.7 Å². The zero-order valence-corrected chi connectivity index (χ0v) is 10.6. The minimum absolute atomic E-state index is 0.166. The van der Waals surface area contributed by atoms with Gasteiger partial charge < -0.3 is 5.32 Å². The average Bonchev–Trinajstić information content (AvgIpc) is 3.11. The molecule has 4 nitrogen and oxygen atoms in total. The van der Waals surface area contributed by atoms with Gasteiger partial charge in [0.15, 0.2) is 0 Å². The minimum atomic E-state index is -0.713. The second-order valence-corrected chi connectivity index (χ2v) is 4.86. The van der Waals surface area contributed by atoms with Gasteiger partial charge >= 0.3 is 0 Å². The Labute approximate surface area is 110 Å². The van der Waals surface area contributed by atoms with Crippen LogP contribution in [0.15, 0.2) is 36.5 Å². The maximum absolute atomic E-state index is 13.8. The molecule has 0 aliphatic heterocycles. The van der Waals surface area contributed by atoms with Crippen molar-refractivity contribution in [2.75, 3.05) is 5.32 Å². The molecule has 1 aliphatic carbocycles. The van der Waals surface area contributed by atoms with Gasteiger partial charge in [-0.2, -0.15) is 5.10 Å². The largest absolute Gasteiger partial charge is 0.310 e. The predicted molar refractivity (Wildman–Crippen MR) is 69.1 cm³/mol. The van der Waals surface area contributed by atoms with Gasteiger partial charge in [0.2, 0.25) is 5.91 Å². The zero-order chi connectivity index (χ0) is 13.5. The Morgan fingerprint density at radius 1 is 1.37 bits per heavy atom. The molecule has 1 saturated carbocycles. The third kappa shape index (κ3) is 1.91. The van der Waals surface area contributed by atoms with Crippen LogP contribution in [0.4, 0.5) is 10.2 Å². The summed E-state index contributed by atoms with van der Waals surface area (Å²) in [5.41, 5.74) is -0.232. The monoisotopic (exact) mass is 259 g/mol. The molecule has 0 saturated heterocycles. The van der Waals surface area contributed by atoms with Gasteiger partial charge in [0, 0.05) is 18.7 Å². The molecule has 1 amide bonds. The summed E-state index contributed by atoms with van der Waals surface area (Å²) in [6.45, 7) is 0. The van der Waals surface area contributed by atoms with E-state index in [0.717, 1.165) is 0 Å². The first-order valence-electron chi connectivity index (χ1n) is 6.18. The molecule has 1 N–H and O–H groups in total. The van der Waals surface area contributed by atoms with Crippen molar-refractivity contribution in [2.45, 2.75) is 18.3 Å². The molecule has 0 spiro atoms. The molecule has 1 aromatic heterocycles. The molecule has 1 fully saturated rings. The molecule has 0 radical (unpaired) electrons. The number of halogens is 1. The van der Waals surface area contributed by atoms with Crippen molar-refractivity contribution in [2.24, 2.45) is 7.05 Å². The van der Waals surface area contributed by atoms with Gasteiger partial charge in [0.05, 0.1) is 11.6 Å². The maximum Gasteiger partial charge on any atom is 0.236 e. The van der Waals surface area contributed by atoms with Crippen LogP contribution in [0.5, 0.6) is 0 Å². The highest BCUT2D eigenvalue weighted by Crippen LogP contribution is 2.49. The maximum atomic E-state index is 13.8. The Kier molecular flexibility index (Phi) is 2.62. The lowest BCUT2D eigenvalue weighted by Crippen LogP contribution is -2.29. The summed E-state index contributed by atoms with van der Waals surface area (Å²) in [5, 5.41) is 6.80. The SMILES string of the molecule is Cn1nccc1NC(=O)C1(c2ccccc2F)CC1. The van der Waals surface area contributed by atoms with Crippen LogP contribution >= 0.6 is 0 Å². The van der Waals surface area contributed by atoms with Crippen LogP contribution in [0.2, 0.25) is 0 Å². The summed E-state index contributed by atoms with van der Waals surface area (Å²) in [6, 6.07) is 8.19. The first-order valence-corrected chi connectivity index (χ1v) is 6.18. The Balaban J connectivity index is 1.88. The summed E-state index contributed by atoms with van der Waals surface area (Å²) in [4.78, 5) is 12.4. The van der Waals surface area contributed by atoms with Gasteiger partial charge in [-0.3, -0.25) is 9.48 Å². The smallest absolute Gasteiger partial charge is 0.236 e. The molecule has 0 atom stereocenters. The number of amides is 1. The number of benzene rings is 1. The van der Waals surface area contributed by atoms with Crippen molar-refractivity contribution in [1.29, 1.82) is 0 Å². The fourth-order valence-electron chi connectivity index (χ4n) is 2.33. The van der Waals surface area contributed by atoms with Crippen LogP contribution in [-0.4, -0.2) is 15.7 Å². The highest BCUT2D eigenvalue weighted by atomic mass is 19.1. The van der Waals surface area contributed by atoms with Crippen molar-refractivity contribution < 1.29 is 9.18 Å². The van der Waals surface area contributed by atoms with Crippen LogP contribution < -0.4 is 5.32 Å². The number of hydrogen-bond donors (Lipinski definition) is 1. The highest BCUT2D eigenvalue weighted by molar-refractivity contribution is 6.00. The molecule has 5 heteroatoms. The highest BCUT2D eigenvalue weighted by Gasteiger charge is 2.52. The van der Waals surface area contributed by atoms with E-state index < -0.39 is 5.41 Å². The van der Waals surface area contributed by atoms with Crippen molar-refractivity contribution in [1.82, 2.24) is 9.78 Å². The molecule has 98 valence electrons. The number of aryl methyl sites for hydroxylation is 1. The van der Waals surface area contributed by atoms with E-state index in [2.05, 4.69) is 10.4 Å². The zero-order valence-electron chi connectivity index (χ0n) is 10.6. The molecular weight excluding hydrogens is 245 g/mol. The van der Waals surface area contributed by atoms with Gasteiger partial charge in [0.1, 0.15) is 11.6 Å². The molecule has 1 aliphatic rings. The van der Waals surface area contributed by atoms with E-state index in [9.17, 15) is 9.18 Å². The Morgan fingerprint density at radius 3 is 2.68 bits per heavy atom. The van der Waals surface area contributed by atoms with E-state index >= 15 is 0 Å². The Morgan fingerprint density at radius 2 is 2.11 bits per heavy atom. The summed E-state index contributed by atoms with van der Waals surface area (Å²) in [6.07, 6.45) is 2.97. The van der Waals surface area contributed by atoms with Crippen LogP contribution in [0.1, 0.15) is 18.4 Å². The number of nitrogens with zero attached hydrogens (tertiary/aromatic N) is 2. The summed E-state index contributed by atoms with van der Waals surface area (Å²) < 4.78 is 15.4. The lowest BCUT2D eigenvalue weighted by atomic mass is 9.94. The van der Waals surface area contributed by atoms with Gasteiger partial charge in [-0.25, -0.2) is 4.39 Å². The summed E-state index contributed by atoms with van der Waals surface area (Å²) in [5.74, 6) is 0.133. The minimum Gasteiger partial charge on any atom is -0.310 e. The molecular formula is C14H14FN3O. The summed E-state index contributed by atoms with van der Waals surface area (Å²) >= 11 is 0. The topological polar surface area (TPSA) is 46.9 Å². The number of rotatable bonds is 3. The first kappa shape index (κ1) is 11.9. The molecule has 0 bridgehead atoms. The second kappa shape index (κ2) is 4.19. The van der Waals surface area contributed by atoms with Crippen LogP contribution in [0.3, 0.4) is 0 Å². The van der Waals surface area contributed by atoms with E-state index in [1.807, 2.05) is 0 Å². The number of anilines is 1. The Hall–Kier alpha value is -2.17. The van der Waals surface area contributed by atoms with Gasteiger partial charge in [-0.15, -0.1) is 0 Å². The third-order valence-electron chi connectivity index (χ3n) is 3.64. The van der Waals surface area contributed by atoms with E-state index in [4.69, 9.17) is 0 Å². The van der Waals surface area contributed by atoms with Crippen molar-refractivity contribution in [3.05, 3.63) is 47.9 Å². The molecule has 0 unspecified atom stereocenters. The lowest BCUT2D eigenvalue weighted by molar-refractivity contribution is -0.118. The van der Waals surface area contributed by atoms with Crippen molar-refractivity contribution in [3.63, 3.8) is 0 Å². The lowest BCUT2D eigenvalue weighted by Gasteiger charge is -2.16. The van der Waals surface area contributed by atoms with Crippen LogP contribution in [-0.2, 0) is 17.3 Å². The van der Waals surface area contributed by atoms with Gasteiger partial charge in [0.25, 0.3) is 0 Å². The van der Waals surface area contributed by atoms with Crippen LogP contribution in [0, 0.1) is 5.82 Å². The van der Waals surface area contributed by atoms with Gasteiger partial charge in [-0.05, 0) is 18.9 Å². The van der Waals surface area contributed by atoms with Gasteiger partial charge in [-0.1, -0.05) is 18.2 Å². The van der Waals surface area contributed by atoms with E-state index in [0.29, 0.717) is 24.2 Å². The molecule has 1 aromatic carbocycles.